The molecule has 1 aromatic rings. The minimum absolute atomic E-state index is 0.0193. The maximum Gasteiger partial charge on any atom is 0.359 e. The Morgan fingerprint density at radius 3 is 1.60 bits per heavy atom. The molecule has 1 rings (SSSR count). The molecule has 0 saturated carbocycles. The van der Waals surface area contributed by atoms with Gasteiger partial charge >= 0.3 is 16.3 Å². The van der Waals surface area contributed by atoms with Gasteiger partial charge in [0, 0.05) is 0 Å². The van der Waals surface area contributed by atoms with Gasteiger partial charge in [0.25, 0.3) is 26.1 Å². The lowest BCUT2D eigenvalue weighted by molar-refractivity contribution is 0.0692. The van der Waals surface area contributed by atoms with Gasteiger partial charge in [-0.15, -0.1) is 0 Å². The quantitative estimate of drug-likeness (QED) is 0.222. The number of carboxylic acids is 1. The summed E-state index contributed by atoms with van der Waals surface area (Å²) in [6, 6.07) is 0.0193. The smallest absolute Gasteiger partial charge is 0.359 e. The number of nitrogens with one attached hydrogen (secondary N) is 1. The molecule has 14 nitrogen and oxygen atoms in total. The molecule has 0 heterocycles. The van der Waals surface area contributed by atoms with Crippen LogP contribution in [-0.2, 0) is 30.5 Å². The summed E-state index contributed by atoms with van der Waals surface area (Å²) >= 11 is 0. The van der Waals surface area contributed by atoms with E-state index in [2.05, 4.69) is 0 Å². The van der Waals surface area contributed by atoms with Gasteiger partial charge in [-0.05, 0) is 6.07 Å². The van der Waals surface area contributed by atoms with Crippen molar-refractivity contribution in [2.24, 2.45) is 0 Å². The van der Waals surface area contributed by atoms with Gasteiger partial charge < -0.3 is 10.8 Å². The van der Waals surface area contributed by atoms with E-state index in [0.29, 0.717) is 0 Å². The van der Waals surface area contributed by atoms with E-state index in [9.17, 15) is 34.8 Å². The molecule has 0 spiro atoms. The molecule has 0 unspecified atom stereocenters. The summed E-state index contributed by atoms with van der Waals surface area (Å²) in [6.07, 6.45) is 0. The van der Waals surface area contributed by atoms with Crippen molar-refractivity contribution < 1.29 is 53.6 Å². The Labute approximate surface area is 139 Å². The number of hydrogen-bond donors (Lipinski definition) is 6. The van der Waals surface area contributed by atoms with E-state index in [1.54, 1.807) is 0 Å². The molecule has 0 aliphatic heterocycles. The number of benzene rings is 1. The van der Waals surface area contributed by atoms with Gasteiger partial charge in [-0.2, -0.15) is 25.3 Å². The first kappa shape index (κ1) is 20.7. The zero-order valence-electron chi connectivity index (χ0n) is 11.4. The molecule has 0 saturated heterocycles. The van der Waals surface area contributed by atoms with Crippen molar-refractivity contribution in [1.82, 2.24) is 4.72 Å². The first-order chi connectivity index (χ1) is 11.0. The fourth-order valence-corrected chi connectivity index (χ4v) is 3.75. The fraction of sp³-hybridized carbons (Fsp3) is 0. The predicted octanol–water partition coefficient (Wildman–Crippen LogP) is -2.01. The van der Waals surface area contributed by atoms with Gasteiger partial charge in [-0.1, -0.05) is 0 Å². The second-order valence-corrected chi connectivity index (χ2v) is 8.08. The van der Waals surface area contributed by atoms with E-state index in [0.717, 1.165) is 4.72 Å². The molecule has 17 heteroatoms. The highest BCUT2D eigenvalue weighted by Crippen LogP contribution is 2.33. The summed E-state index contributed by atoms with van der Waals surface area (Å²) in [5.74, 6) is -4.08. The maximum absolute atomic E-state index is 11.7. The number of aromatic carboxylic acids is 1. The molecule has 1 aromatic carbocycles. The molecule has 0 bridgehead atoms. The molecule has 0 fully saturated rings. The van der Waals surface area contributed by atoms with Crippen molar-refractivity contribution in [3.05, 3.63) is 17.2 Å². The lowest BCUT2D eigenvalue weighted by Gasteiger charge is -2.14. The lowest BCUT2D eigenvalue weighted by atomic mass is 10.1. The van der Waals surface area contributed by atoms with Crippen LogP contribution in [0.1, 0.15) is 20.7 Å². The third kappa shape index (κ3) is 4.61. The molecule has 0 aliphatic rings. The van der Waals surface area contributed by atoms with Crippen LogP contribution in [0.3, 0.4) is 0 Å². The van der Waals surface area contributed by atoms with Crippen LogP contribution >= 0.6 is 0 Å². The van der Waals surface area contributed by atoms with Crippen molar-refractivity contribution in [3.8, 4) is 0 Å². The van der Waals surface area contributed by atoms with Crippen LogP contribution in [0, 0.1) is 0 Å². The second-order valence-electron chi connectivity index (χ2n) is 4.21. The van der Waals surface area contributed by atoms with Crippen LogP contribution in [0.2, 0.25) is 0 Å². The molecule has 0 aliphatic carbocycles. The number of amides is 1. The van der Waals surface area contributed by atoms with E-state index < -0.39 is 69.0 Å². The van der Waals surface area contributed by atoms with E-state index >= 15 is 0 Å². The predicted molar refractivity (Wildman–Crippen MR) is 76.5 cm³/mol. The maximum atomic E-state index is 11.7. The zero-order valence-corrected chi connectivity index (χ0v) is 13.9. The van der Waals surface area contributed by atoms with Crippen LogP contribution in [-0.4, -0.2) is 55.9 Å². The number of nitrogens with two attached hydrogens (primary N) is 1. The van der Waals surface area contributed by atoms with Crippen molar-refractivity contribution in [1.29, 1.82) is 0 Å². The van der Waals surface area contributed by atoms with Gasteiger partial charge in [0.1, 0.15) is 9.79 Å². The molecule has 0 atom stereocenters. The highest BCUT2D eigenvalue weighted by molar-refractivity contribution is 7.87. The minimum atomic E-state index is -5.52. The summed E-state index contributed by atoms with van der Waals surface area (Å²) < 4.78 is 94.0. The highest BCUT2D eigenvalue weighted by Gasteiger charge is 2.34. The van der Waals surface area contributed by atoms with E-state index in [1.807, 2.05) is 0 Å². The normalized spacial score (nSPS) is 12.6. The Morgan fingerprint density at radius 1 is 0.880 bits per heavy atom. The summed E-state index contributed by atoms with van der Waals surface area (Å²) in [5.41, 5.74) is 0.761. The first-order valence-electron chi connectivity index (χ1n) is 5.41. The van der Waals surface area contributed by atoms with E-state index in [1.165, 1.54) is 0 Å². The van der Waals surface area contributed by atoms with Gasteiger partial charge in [0.2, 0.25) is 0 Å². The number of carbonyl (C=O) groups is 2. The van der Waals surface area contributed by atoms with E-state index in [-0.39, 0.29) is 6.07 Å². The van der Waals surface area contributed by atoms with Gasteiger partial charge in [0.15, 0.2) is 0 Å². The lowest BCUT2D eigenvalue weighted by Crippen LogP contribution is -2.32. The van der Waals surface area contributed by atoms with Crippen molar-refractivity contribution in [2.75, 3.05) is 5.73 Å². The minimum Gasteiger partial charge on any atom is -0.478 e. The van der Waals surface area contributed by atoms with Crippen molar-refractivity contribution in [2.45, 2.75) is 9.79 Å². The summed E-state index contributed by atoms with van der Waals surface area (Å²) in [6.45, 7) is 0. The monoisotopic (exact) mass is 420 g/mol. The highest BCUT2D eigenvalue weighted by atomic mass is 32.2. The molecule has 140 valence electrons. The number of carbonyl (C=O) groups excluding carboxylic acids is 1. The van der Waals surface area contributed by atoms with Gasteiger partial charge in [-0.3, -0.25) is 18.5 Å². The Balaban J connectivity index is 4.11. The Bertz CT molecular complexity index is 1080. The standard InChI is InChI=1S/C8H8N2O12S3/c9-4-5(23(14,15)16)2(7(11)10-25(20,21)22)1-3(8(12)13)6(4)24(17,18)19/h1H,9H2,(H,10,11)(H,12,13)(H,14,15,16)(H,17,18,19)(H,20,21,22). The third-order valence-corrected chi connectivity index (χ3v) is 4.83. The van der Waals surface area contributed by atoms with Crippen LogP contribution in [0.15, 0.2) is 15.9 Å². The van der Waals surface area contributed by atoms with Crippen LogP contribution in [0.5, 0.6) is 0 Å². The molecule has 0 aromatic heterocycles. The second kappa shape index (κ2) is 6.20. The number of nitrogen functional groups attached to an aromatic ring is 1. The number of rotatable bonds is 5. The zero-order chi connectivity index (χ0) is 20.0. The Morgan fingerprint density at radius 2 is 1.28 bits per heavy atom. The van der Waals surface area contributed by atoms with Gasteiger partial charge in [0.05, 0.1) is 16.8 Å². The largest absolute Gasteiger partial charge is 0.478 e. The summed E-state index contributed by atoms with van der Waals surface area (Å²) in [5, 5.41) is 8.94. The average Bonchev–Trinajstić information content (AvgIpc) is 2.31. The summed E-state index contributed by atoms with van der Waals surface area (Å²) in [7, 11) is -16.2. The summed E-state index contributed by atoms with van der Waals surface area (Å²) in [4.78, 5) is 19.5. The van der Waals surface area contributed by atoms with Crippen LogP contribution in [0.4, 0.5) is 5.69 Å². The van der Waals surface area contributed by atoms with Crippen LogP contribution < -0.4 is 10.5 Å². The fourth-order valence-electron chi connectivity index (χ4n) is 1.72. The van der Waals surface area contributed by atoms with Crippen molar-refractivity contribution >= 4 is 48.1 Å². The molecule has 0 radical (unpaired) electrons. The topological polar surface area (TPSA) is 256 Å². The molecular formula is C8H8N2O12S3. The molecular weight excluding hydrogens is 412 g/mol. The molecule has 25 heavy (non-hydrogen) atoms. The Hall–Kier alpha value is -2.31. The third-order valence-electron chi connectivity index (χ3n) is 2.48. The molecule has 1 amide bonds. The number of anilines is 1. The Kier molecular flexibility index (Phi) is 5.14. The number of carboxylic acid groups (broad SMARTS) is 1. The first-order valence-corrected chi connectivity index (χ1v) is 9.73. The van der Waals surface area contributed by atoms with Crippen LogP contribution in [0.25, 0.3) is 0 Å². The number of hydrogen-bond acceptors (Lipinski definition) is 9. The average molecular weight is 420 g/mol. The van der Waals surface area contributed by atoms with Gasteiger partial charge in [-0.25, -0.2) is 9.52 Å². The van der Waals surface area contributed by atoms with Crippen molar-refractivity contribution in [3.63, 3.8) is 0 Å². The SMILES string of the molecule is Nc1c(S(=O)(=O)O)c(C(=O)O)cc(C(=O)NS(=O)(=O)O)c1S(=O)(=O)O. The molecule has 7 N–H and O–H groups in total. The van der Waals surface area contributed by atoms with E-state index in [4.69, 9.17) is 24.5 Å².